The molecule has 1 heterocycles. The standard InChI is InChI=1S/C10H20N2O.C2HF3O2/c11-10-2-1-9(7-10)8-12-3-5-13-6-4-12;3-2(4,5)1(6)7/h9-10H,1-8,11H2;(H,6,7)/t9-,10+;/m0./s1. The first kappa shape index (κ1) is 17.2. The van der Waals surface area contributed by atoms with E-state index in [4.69, 9.17) is 20.4 Å². The number of carboxylic acid groups (broad SMARTS) is 1. The molecule has 1 saturated carbocycles. The number of ether oxygens (including phenoxy) is 1. The van der Waals surface area contributed by atoms with Gasteiger partial charge in [0.05, 0.1) is 13.2 Å². The number of hydrogen-bond donors (Lipinski definition) is 2. The van der Waals surface area contributed by atoms with Crippen LogP contribution in [0.2, 0.25) is 0 Å². The van der Waals surface area contributed by atoms with Gasteiger partial charge in [-0.3, -0.25) is 4.90 Å². The average Bonchev–Trinajstić information content (AvgIpc) is 2.75. The molecule has 8 heteroatoms. The van der Waals surface area contributed by atoms with Crippen LogP contribution >= 0.6 is 0 Å². The summed E-state index contributed by atoms with van der Waals surface area (Å²) in [4.78, 5) is 11.4. The normalized spacial score (nSPS) is 27.8. The van der Waals surface area contributed by atoms with E-state index in [2.05, 4.69) is 4.90 Å². The summed E-state index contributed by atoms with van der Waals surface area (Å²) in [5.41, 5.74) is 5.89. The first-order valence-corrected chi connectivity index (χ1v) is 6.65. The van der Waals surface area contributed by atoms with Crippen molar-refractivity contribution in [2.24, 2.45) is 11.7 Å². The zero-order valence-corrected chi connectivity index (χ0v) is 11.2. The lowest BCUT2D eigenvalue weighted by molar-refractivity contribution is -0.192. The van der Waals surface area contributed by atoms with E-state index in [9.17, 15) is 13.2 Å². The first-order chi connectivity index (χ1) is 9.29. The lowest BCUT2D eigenvalue weighted by Gasteiger charge is -2.28. The summed E-state index contributed by atoms with van der Waals surface area (Å²) >= 11 is 0. The molecule has 3 N–H and O–H groups in total. The molecule has 1 aliphatic carbocycles. The molecule has 0 aromatic carbocycles. The van der Waals surface area contributed by atoms with Gasteiger partial charge in [-0.15, -0.1) is 0 Å². The maximum absolute atomic E-state index is 10.6. The van der Waals surface area contributed by atoms with E-state index in [0.29, 0.717) is 6.04 Å². The molecule has 0 amide bonds. The summed E-state index contributed by atoms with van der Waals surface area (Å²) in [6.45, 7) is 5.31. The summed E-state index contributed by atoms with van der Waals surface area (Å²) < 4.78 is 37.1. The van der Waals surface area contributed by atoms with Gasteiger partial charge in [0.25, 0.3) is 0 Å². The topological polar surface area (TPSA) is 75.8 Å². The Morgan fingerprint density at radius 1 is 1.30 bits per heavy atom. The SMILES string of the molecule is N[C@@H]1CC[C@H](CN2CCOCC2)C1.O=C(O)C(F)(F)F. The molecule has 0 radical (unpaired) electrons. The minimum atomic E-state index is -5.08. The van der Waals surface area contributed by atoms with Crippen molar-refractivity contribution in [3.8, 4) is 0 Å². The molecule has 5 nitrogen and oxygen atoms in total. The summed E-state index contributed by atoms with van der Waals surface area (Å²) in [5, 5.41) is 7.12. The molecule has 2 aliphatic rings. The molecule has 2 fully saturated rings. The van der Waals surface area contributed by atoms with Crippen LogP contribution in [-0.4, -0.2) is 61.0 Å². The van der Waals surface area contributed by atoms with E-state index in [1.165, 1.54) is 25.8 Å². The van der Waals surface area contributed by atoms with E-state index in [0.717, 1.165) is 32.2 Å². The molecule has 118 valence electrons. The van der Waals surface area contributed by atoms with Crippen LogP contribution < -0.4 is 5.73 Å². The maximum Gasteiger partial charge on any atom is 0.490 e. The fourth-order valence-electron chi connectivity index (χ4n) is 2.43. The molecule has 2 atom stereocenters. The Kier molecular flexibility index (Phi) is 6.70. The third kappa shape index (κ3) is 6.53. The van der Waals surface area contributed by atoms with Crippen LogP contribution in [0.15, 0.2) is 0 Å². The van der Waals surface area contributed by atoms with Crippen molar-refractivity contribution >= 4 is 5.97 Å². The van der Waals surface area contributed by atoms with E-state index < -0.39 is 12.1 Å². The van der Waals surface area contributed by atoms with Crippen molar-refractivity contribution in [2.45, 2.75) is 31.5 Å². The molecular formula is C12H21F3N2O3. The van der Waals surface area contributed by atoms with Crippen molar-refractivity contribution < 1.29 is 27.8 Å². The fraction of sp³-hybridized carbons (Fsp3) is 0.917. The van der Waals surface area contributed by atoms with Gasteiger partial charge in [0.1, 0.15) is 0 Å². The second-order valence-electron chi connectivity index (χ2n) is 5.16. The number of rotatable bonds is 2. The van der Waals surface area contributed by atoms with Gasteiger partial charge < -0.3 is 15.6 Å². The molecule has 2 rings (SSSR count). The van der Waals surface area contributed by atoms with Gasteiger partial charge in [-0.25, -0.2) is 4.79 Å². The van der Waals surface area contributed by atoms with Crippen molar-refractivity contribution in [3.63, 3.8) is 0 Å². The first-order valence-electron chi connectivity index (χ1n) is 6.65. The largest absolute Gasteiger partial charge is 0.490 e. The van der Waals surface area contributed by atoms with Crippen LogP contribution in [0.1, 0.15) is 19.3 Å². The lowest BCUT2D eigenvalue weighted by Crippen LogP contribution is -2.39. The van der Waals surface area contributed by atoms with Gasteiger partial charge in [0, 0.05) is 25.7 Å². The van der Waals surface area contributed by atoms with Gasteiger partial charge in [-0.2, -0.15) is 13.2 Å². The number of nitrogens with zero attached hydrogens (tertiary/aromatic N) is 1. The zero-order valence-electron chi connectivity index (χ0n) is 11.2. The van der Waals surface area contributed by atoms with Crippen LogP contribution in [0.25, 0.3) is 0 Å². The Morgan fingerprint density at radius 2 is 1.85 bits per heavy atom. The minimum absolute atomic E-state index is 0.478. The van der Waals surface area contributed by atoms with Crippen molar-refractivity contribution in [1.29, 1.82) is 0 Å². The molecular weight excluding hydrogens is 277 g/mol. The highest BCUT2D eigenvalue weighted by Gasteiger charge is 2.38. The predicted molar refractivity (Wildman–Crippen MR) is 66.3 cm³/mol. The number of aliphatic carboxylic acids is 1. The second-order valence-corrected chi connectivity index (χ2v) is 5.16. The van der Waals surface area contributed by atoms with Crippen LogP contribution in [0.3, 0.4) is 0 Å². The van der Waals surface area contributed by atoms with E-state index in [1.807, 2.05) is 0 Å². The van der Waals surface area contributed by atoms with E-state index in [-0.39, 0.29) is 0 Å². The Bertz CT molecular complexity index is 304. The highest BCUT2D eigenvalue weighted by molar-refractivity contribution is 5.73. The number of alkyl halides is 3. The Morgan fingerprint density at radius 3 is 2.25 bits per heavy atom. The molecule has 0 bridgehead atoms. The average molecular weight is 298 g/mol. The van der Waals surface area contributed by atoms with Crippen LogP contribution in [0, 0.1) is 5.92 Å². The fourth-order valence-corrected chi connectivity index (χ4v) is 2.43. The lowest BCUT2D eigenvalue weighted by atomic mass is 10.1. The predicted octanol–water partition coefficient (Wildman–Crippen LogP) is 1.08. The van der Waals surface area contributed by atoms with E-state index >= 15 is 0 Å². The summed E-state index contributed by atoms with van der Waals surface area (Å²) in [7, 11) is 0. The van der Waals surface area contributed by atoms with Gasteiger partial charge in [-0.1, -0.05) is 0 Å². The third-order valence-corrected chi connectivity index (χ3v) is 3.44. The molecule has 0 unspecified atom stereocenters. The van der Waals surface area contributed by atoms with E-state index in [1.54, 1.807) is 0 Å². The number of carboxylic acids is 1. The van der Waals surface area contributed by atoms with Gasteiger partial charge in [0.2, 0.25) is 0 Å². The summed E-state index contributed by atoms with van der Waals surface area (Å²) in [5.74, 6) is -1.90. The maximum atomic E-state index is 10.6. The van der Waals surface area contributed by atoms with Crippen molar-refractivity contribution in [2.75, 3.05) is 32.8 Å². The quantitative estimate of drug-likeness (QED) is 0.798. The summed E-state index contributed by atoms with van der Waals surface area (Å²) in [6, 6.07) is 0.478. The molecule has 0 spiro atoms. The molecule has 0 aromatic heterocycles. The Balaban J connectivity index is 0.000000246. The Labute approximate surface area is 115 Å². The van der Waals surface area contributed by atoms with Gasteiger partial charge in [-0.05, 0) is 25.2 Å². The minimum Gasteiger partial charge on any atom is -0.475 e. The monoisotopic (exact) mass is 298 g/mol. The van der Waals surface area contributed by atoms with Crippen molar-refractivity contribution in [1.82, 2.24) is 4.90 Å². The molecule has 1 aliphatic heterocycles. The highest BCUT2D eigenvalue weighted by atomic mass is 19.4. The number of nitrogens with two attached hydrogens (primary N) is 1. The number of halogens is 3. The van der Waals surface area contributed by atoms with Crippen LogP contribution in [-0.2, 0) is 9.53 Å². The highest BCUT2D eigenvalue weighted by Crippen LogP contribution is 2.25. The summed E-state index contributed by atoms with van der Waals surface area (Å²) in [6.07, 6.45) is -1.29. The molecule has 20 heavy (non-hydrogen) atoms. The Hall–Kier alpha value is -0.860. The van der Waals surface area contributed by atoms with Crippen molar-refractivity contribution in [3.05, 3.63) is 0 Å². The van der Waals surface area contributed by atoms with Crippen LogP contribution in [0.4, 0.5) is 13.2 Å². The molecule has 0 aromatic rings. The van der Waals surface area contributed by atoms with Gasteiger partial charge >= 0.3 is 12.1 Å². The molecule has 1 saturated heterocycles. The number of morpholine rings is 1. The zero-order chi connectivity index (χ0) is 15.2. The number of hydrogen-bond acceptors (Lipinski definition) is 4. The third-order valence-electron chi connectivity index (χ3n) is 3.44. The number of carbonyl (C=O) groups is 1. The van der Waals surface area contributed by atoms with Crippen LogP contribution in [0.5, 0.6) is 0 Å². The second kappa shape index (κ2) is 7.80. The van der Waals surface area contributed by atoms with Gasteiger partial charge in [0.15, 0.2) is 0 Å². The smallest absolute Gasteiger partial charge is 0.475 e.